The predicted octanol–water partition coefficient (Wildman–Crippen LogP) is 0.0349. The van der Waals surface area contributed by atoms with Gasteiger partial charge in [0.05, 0.1) is 11.9 Å². The first kappa shape index (κ1) is 13.9. The monoisotopic (exact) mass is 250 g/mol. The summed E-state index contributed by atoms with van der Waals surface area (Å²) in [6, 6.07) is -0.0967. The number of ether oxygens (including phenoxy) is 1. The maximum atomic E-state index is 12.3. The summed E-state index contributed by atoms with van der Waals surface area (Å²) in [4.78, 5) is 0. The Bertz CT molecular complexity index is 299. The Labute approximate surface area is 98.2 Å². The second-order valence-corrected chi connectivity index (χ2v) is 6.33. The molecule has 2 unspecified atom stereocenters. The molecule has 0 bridgehead atoms. The summed E-state index contributed by atoms with van der Waals surface area (Å²) in [6.07, 6.45) is 0.707. The van der Waals surface area contributed by atoms with Gasteiger partial charge in [0.25, 0.3) is 0 Å². The second kappa shape index (κ2) is 5.95. The SMILES string of the molecule is CCN(C(C)COC)S(=O)(=O)C1CCNC1. The highest BCUT2D eigenvalue weighted by Crippen LogP contribution is 2.17. The second-order valence-electron chi connectivity index (χ2n) is 4.17. The quantitative estimate of drug-likeness (QED) is 0.723. The Kier molecular flexibility index (Phi) is 5.17. The molecule has 0 aliphatic carbocycles. The Balaban J connectivity index is 2.77. The zero-order chi connectivity index (χ0) is 12.2. The van der Waals surface area contributed by atoms with Gasteiger partial charge >= 0.3 is 0 Å². The van der Waals surface area contributed by atoms with Crippen molar-refractivity contribution in [2.24, 2.45) is 0 Å². The minimum atomic E-state index is -3.18. The van der Waals surface area contributed by atoms with E-state index < -0.39 is 10.0 Å². The lowest BCUT2D eigenvalue weighted by molar-refractivity contribution is 0.142. The number of nitrogens with one attached hydrogen (secondary N) is 1. The third kappa shape index (κ3) is 2.94. The van der Waals surface area contributed by atoms with Crippen molar-refractivity contribution in [2.45, 2.75) is 31.6 Å². The summed E-state index contributed by atoms with van der Waals surface area (Å²) in [6.45, 7) is 6.05. The third-order valence-corrected chi connectivity index (χ3v) is 5.49. The first-order valence-electron chi connectivity index (χ1n) is 5.74. The Hall–Kier alpha value is -0.170. The van der Waals surface area contributed by atoms with Gasteiger partial charge in [-0.15, -0.1) is 0 Å². The molecule has 1 aliphatic heterocycles. The molecule has 2 atom stereocenters. The maximum absolute atomic E-state index is 12.3. The van der Waals surface area contributed by atoms with Gasteiger partial charge < -0.3 is 10.1 Å². The fraction of sp³-hybridized carbons (Fsp3) is 1.00. The molecule has 0 aromatic carbocycles. The van der Waals surface area contributed by atoms with Crippen LogP contribution in [0.15, 0.2) is 0 Å². The van der Waals surface area contributed by atoms with Crippen LogP contribution in [0.3, 0.4) is 0 Å². The van der Waals surface area contributed by atoms with Gasteiger partial charge in [0.15, 0.2) is 0 Å². The van der Waals surface area contributed by atoms with E-state index >= 15 is 0 Å². The van der Waals surface area contributed by atoms with Crippen molar-refractivity contribution in [3.8, 4) is 0 Å². The molecule has 16 heavy (non-hydrogen) atoms. The number of likely N-dealkylation sites (N-methyl/N-ethyl adjacent to an activating group) is 1. The highest BCUT2D eigenvalue weighted by Gasteiger charge is 2.35. The van der Waals surface area contributed by atoms with E-state index in [0.717, 1.165) is 6.54 Å². The molecule has 0 amide bonds. The van der Waals surface area contributed by atoms with E-state index in [4.69, 9.17) is 4.74 Å². The molecule has 1 rings (SSSR count). The van der Waals surface area contributed by atoms with Crippen LogP contribution in [0.4, 0.5) is 0 Å². The summed E-state index contributed by atoms with van der Waals surface area (Å²) in [5.74, 6) is 0. The van der Waals surface area contributed by atoms with Crippen LogP contribution in [-0.4, -0.2) is 57.4 Å². The van der Waals surface area contributed by atoms with E-state index in [9.17, 15) is 8.42 Å². The van der Waals surface area contributed by atoms with Gasteiger partial charge in [0.1, 0.15) is 0 Å². The van der Waals surface area contributed by atoms with Crippen molar-refractivity contribution in [1.29, 1.82) is 0 Å². The number of nitrogens with zero attached hydrogens (tertiary/aromatic N) is 1. The lowest BCUT2D eigenvalue weighted by Crippen LogP contribution is -2.46. The molecule has 1 aliphatic rings. The van der Waals surface area contributed by atoms with Crippen LogP contribution in [0.2, 0.25) is 0 Å². The predicted molar refractivity (Wildman–Crippen MR) is 63.9 cm³/mol. The van der Waals surface area contributed by atoms with Gasteiger partial charge in [-0.05, 0) is 19.9 Å². The molecule has 6 heteroatoms. The largest absolute Gasteiger partial charge is 0.383 e. The number of hydrogen-bond acceptors (Lipinski definition) is 4. The average molecular weight is 250 g/mol. The van der Waals surface area contributed by atoms with E-state index in [1.54, 1.807) is 11.4 Å². The molecule has 5 nitrogen and oxygen atoms in total. The third-order valence-electron chi connectivity index (χ3n) is 2.97. The maximum Gasteiger partial charge on any atom is 0.218 e. The summed E-state index contributed by atoms with van der Waals surface area (Å²) >= 11 is 0. The number of rotatable bonds is 6. The van der Waals surface area contributed by atoms with Gasteiger partial charge in [-0.3, -0.25) is 0 Å². The molecule has 1 heterocycles. The zero-order valence-electron chi connectivity index (χ0n) is 10.3. The van der Waals surface area contributed by atoms with Gasteiger partial charge in [0.2, 0.25) is 10.0 Å². The lowest BCUT2D eigenvalue weighted by Gasteiger charge is -2.29. The van der Waals surface area contributed by atoms with E-state index in [2.05, 4.69) is 5.32 Å². The molecule has 0 radical (unpaired) electrons. The molecular weight excluding hydrogens is 228 g/mol. The van der Waals surface area contributed by atoms with Gasteiger partial charge in [-0.25, -0.2) is 8.42 Å². The summed E-state index contributed by atoms with van der Waals surface area (Å²) < 4.78 is 31.2. The van der Waals surface area contributed by atoms with Crippen molar-refractivity contribution < 1.29 is 13.2 Å². The fourth-order valence-electron chi connectivity index (χ4n) is 2.14. The minimum Gasteiger partial charge on any atom is -0.383 e. The minimum absolute atomic E-state index is 0.0967. The van der Waals surface area contributed by atoms with E-state index in [1.165, 1.54) is 0 Å². The molecular formula is C10H22N2O3S. The molecule has 0 aromatic heterocycles. The van der Waals surface area contributed by atoms with Gasteiger partial charge in [-0.1, -0.05) is 6.92 Å². The smallest absolute Gasteiger partial charge is 0.218 e. The molecule has 96 valence electrons. The van der Waals surface area contributed by atoms with Crippen LogP contribution >= 0.6 is 0 Å². The van der Waals surface area contributed by atoms with Crippen LogP contribution in [0.25, 0.3) is 0 Å². The van der Waals surface area contributed by atoms with Crippen LogP contribution < -0.4 is 5.32 Å². The highest BCUT2D eigenvalue weighted by atomic mass is 32.2. The van der Waals surface area contributed by atoms with E-state index in [1.807, 2.05) is 13.8 Å². The molecule has 1 N–H and O–H groups in total. The van der Waals surface area contributed by atoms with Crippen molar-refractivity contribution in [1.82, 2.24) is 9.62 Å². The first-order chi connectivity index (χ1) is 7.54. The number of sulfonamides is 1. The van der Waals surface area contributed by atoms with E-state index in [0.29, 0.717) is 26.1 Å². The molecule has 1 saturated heterocycles. The summed E-state index contributed by atoms with van der Waals surface area (Å²) in [5, 5.41) is 2.82. The highest BCUT2D eigenvalue weighted by molar-refractivity contribution is 7.89. The molecule has 0 aromatic rings. The van der Waals surface area contributed by atoms with Crippen LogP contribution in [0.1, 0.15) is 20.3 Å². The standard InChI is InChI=1S/C10H22N2O3S/c1-4-12(9(2)8-15-3)16(13,14)10-5-6-11-7-10/h9-11H,4-8H2,1-3H3. The molecule has 0 spiro atoms. The van der Waals surface area contributed by atoms with Gasteiger partial charge in [-0.2, -0.15) is 4.31 Å². The fourth-order valence-corrected chi connectivity index (χ4v) is 4.19. The van der Waals surface area contributed by atoms with Crippen molar-refractivity contribution in [3.63, 3.8) is 0 Å². The van der Waals surface area contributed by atoms with Crippen LogP contribution in [0, 0.1) is 0 Å². The lowest BCUT2D eigenvalue weighted by atomic mass is 10.3. The van der Waals surface area contributed by atoms with E-state index in [-0.39, 0.29) is 11.3 Å². The average Bonchev–Trinajstić information content (AvgIpc) is 2.71. The zero-order valence-corrected chi connectivity index (χ0v) is 11.1. The Morgan fingerprint density at radius 3 is 2.69 bits per heavy atom. The summed E-state index contributed by atoms with van der Waals surface area (Å²) in [7, 11) is -1.59. The van der Waals surface area contributed by atoms with Gasteiger partial charge in [0, 0.05) is 26.2 Å². The van der Waals surface area contributed by atoms with Crippen molar-refractivity contribution in [3.05, 3.63) is 0 Å². The first-order valence-corrected chi connectivity index (χ1v) is 7.24. The van der Waals surface area contributed by atoms with Crippen molar-refractivity contribution in [2.75, 3.05) is 33.4 Å². The number of methoxy groups -OCH3 is 1. The van der Waals surface area contributed by atoms with Crippen LogP contribution in [-0.2, 0) is 14.8 Å². The summed E-state index contributed by atoms with van der Waals surface area (Å²) in [5.41, 5.74) is 0. The normalized spacial score (nSPS) is 23.9. The Morgan fingerprint density at radius 2 is 2.25 bits per heavy atom. The molecule has 1 fully saturated rings. The molecule has 0 saturated carbocycles. The topological polar surface area (TPSA) is 58.6 Å². The van der Waals surface area contributed by atoms with Crippen LogP contribution in [0.5, 0.6) is 0 Å². The number of hydrogen-bond donors (Lipinski definition) is 1. The van der Waals surface area contributed by atoms with Crippen molar-refractivity contribution >= 4 is 10.0 Å². The Morgan fingerprint density at radius 1 is 1.56 bits per heavy atom.